The Morgan fingerprint density at radius 2 is 1.30 bits per heavy atom. The van der Waals surface area contributed by atoms with E-state index in [0.29, 0.717) is 6.04 Å². The number of unbranched alkanes of at least 4 members (excludes halogenated alkanes) is 2. The van der Waals surface area contributed by atoms with Crippen LogP contribution in [0.4, 0.5) is 0 Å². The molecular formula is C40H58N2O4S. The second-order valence-electron chi connectivity index (χ2n) is 12.9. The SMILES string of the molecule is C(=Cc1ccccc1)CN1CCN(C(c2ccccc2)c2ccccc2)CC1.CCCCC(CC)CCCCC(C)COS(=O)(=O)O. The third-order valence-corrected chi connectivity index (χ3v) is 9.51. The van der Waals surface area contributed by atoms with Crippen molar-refractivity contribution in [3.8, 4) is 0 Å². The van der Waals surface area contributed by atoms with Crippen molar-refractivity contribution in [1.82, 2.24) is 9.80 Å². The summed E-state index contributed by atoms with van der Waals surface area (Å²) in [7, 11) is -4.28. The summed E-state index contributed by atoms with van der Waals surface area (Å²) >= 11 is 0. The molecule has 4 rings (SSSR count). The van der Waals surface area contributed by atoms with Crippen molar-refractivity contribution in [2.75, 3.05) is 39.3 Å². The molecule has 1 heterocycles. The smallest absolute Gasteiger partial charge is 0.297 e. The van der Waals surface area contributed by atoms with Crippen LogP contribution in [0.5, 0.6) is 0 Å². The van der Waals surface area contributed by atoms with Crippen molar-refractivity contribution in [3.05, 3.63) is 114 Å². The first-order chi connectivity index (χ1) is 22.8. The van der Waals surface area contributed by atoms with Crippen LogP contribution in [0.25, 0.3) is 6.08 Å². The minimum atomic E-state index is -4.28. The second-order valence-corrected chi connectivity index (χ2v) is 14.0. The van der Waals surface area contributed by atoms with Gasteiger partial charge in [-0.05, 0) is 34.9 Å². The molecule has 258 valence electrons. The van der Waals surface area contributed by atoms with Gasteiger partial charge in [0.15, 0.2) is 0 Å². The molecule has 7 heteroatoms. The lowest BCUT2D eigenvalue weighted by atomic mass is 9.92. The largest absolute Gasteiger partial charge is 0.397 e. The number of hydrogen-bond acceptors (Lipinski definition) is 5. The molecule has 1 N–H and O–H groups in total. The molecule has 1 saturated heterocycles. The first-order valence-corrected chi connectivity index (χ1v) is 19.0. The summed E-state index contributed by atoms with van der Waals surface area (Å²) in [6.07, 6.45) is 14.2. The lowest BCUT2D eigenvalue weighted by Gasteiger charge is -2.39. The van der Waals surface area contributed by atoms with E-state index in [4.69, 9.17) is 4.55 Å². The van der Waals surface area contributed by atoms with Crippen LogP contribution in [0.1, 0.15) is 94.9 Å². The maximum atomic E-state index is 10.4. The Hall–Kier alpha value is -2.81. The van der Waals surface area contributed by atoms with Crippen molar-refractivity contribution in [2.45, 2.75) is 78.2 Å². The van der Waals surface area contributed by atoms with Gasteiger partial charge in [-0.25, -0.2) is 4.18 Å². The molecule has 0 aromatic heterocycles. The zero-order valence-electron chi connectivity index (χ0n) is 28.9. The molecule has 2 unspecified atom stereocenters. The average Bonchev–Trinajstić information content (AvgIpc) is 3.09. The Morgan fingerprint density at radius 1 is 0.766 bits per heavy atom. The number of rotatable bonds is 18. The van der Waals surface area contributed by atoms with E-state index < -0.39 is 10.4 Å². The summed E-state index contributed by atoms with van der Waals surface area (Å²) in [4.78, 5) is 5.17. The average molecular weight is 663 g/mol. The molecule has 6 nitrogen and oxygen atoms in total. The molecule has 2 atom stereocenters. The Balaban J connectivity index is 0.000000279. The van der Waals surface area contributed by atoms with Crippen LogP contribution < -0.4 is 0 Å². The molecular weight excluding hydrogens is 605 g/mol. The zero-order chi connectivity index (χ0) is 33.7. The minimum Gasteiger partial charge on any atom is -0.297 e. The highest BCUT2D eigenvalue weighted by Crippen LogP contribution is 2.29. The summed E-state index contributed by atoms with van der Waals surface area (Å²) < 4.78 is 33.7. The van der Waals surface area contributed by atoms with E-state index in [1.54, 1.807) is 0 Å². The van der Waals surface area contributed by atoms with Gasteiger partial charge in [-0.1, -0.05) is 169 Å². The van der Waals surface area contributed by atoms with Gasteiger partial charge in [0.2, 0.25) is 0 Å². The van der Waals surface area contributed by atoms with Crippen LogP contribution in [0.3, 0.4) is 0 Å². The van der Waals surface area contributed by atoms with Crippen molar-refractivity contribution < 1.29 is 17.2 Å². The standard InChI is InChI=1S/C26H28N2.C14H30O4S/c1-4-11-23(12-5-1)13-10-18-27-19-21-28(22-20-27)26(24-14-6-2-7-15-24)25-16-8-3-9-17-25;1-4-6-10-14(5-2)11-8-7-9-13(3)12-18-19(15,16)17/h1-17,26H,18-22H2;13-14H,4-12H2,1-3H3,(H,15,16,17). The summed E-state index contributed by atoms with van der Waals surface area (Å²) in [5.41, 5.74) is 4.03. The summed E-state index contributed by atoms with van der Waals surface area (Å²) in [6, 6.07) is 32.7. The van der Waals surface area contributed by atoms with Crippen LogP contribution in [0.2, 0.25) is 0 Å². The maximum absolute atomic E-state index is 10.4. The van der Waals surface area contributed by atoms with Gasteiger partial charge in [0.05, 0.1) is 12.6 Å². The number of benzene rings is 3. The van der Waals surface area contributed by atoms with Crippen molar-refractivity contribution >= 4 is 16.5 Å². The fraction of sp³-hybridized carbons (Fsp3) is 0.500. The van der Waals surface area contributed by atoms with Gasteiger partial charge in [-0.15, -0.1) is 0 Å². The molecule has 1 aliphatic rings. The first kappa shape index (κ1) is 38.6. The van der Waals surface area contributed by atoms with Crippen LogP contribution >= 0.6 is 0 Å². The van der Waals surface area contributed by atoms with Crippen molar-refractivity contribution in [1.29, 1.82) is 0 Å². The van der Waals surface area contributed by atoms with Crippen LogP contribution in [-0.2, 0) is 14.6 Å². The Morgan fingerprint density at radius 3 is 1.83 bits per heavy atom. The number of piperazine rings is 1. The van der Waals surface area contributed by atoms with E-state index in [9.17, 15) is 8.42 Å². The fourth-order valence-electron chi connectivity index (χ4n) is 6.25. The Bertz CT molecular complexity index is 1310. The third-order valence-electron chi connectivity index (χ3n) is 9.08. The molecule has 1 fully saturated rings. The predicted octanol–water partition coefficient (Wildman–Crippen LogP) is 9.33. The first-order valence-electron chi connectivity index (χ1n) is 17.7. The van der Waals surface area contributed by atoms with Gasteiger partial charge in [0.1, 0.15) is 0 Å². The summed E-state index contributed by atoms with van der Waals surface area (Å²) in [5, 5.41) is 0. The van der Waals surface area contributed by atoms with E-state index in [1.807, 2.05) is 6.92 Å². The molecule has 3 aromatic carbocycles. The summed E-state index contributed by atoms with van der Waals surface area (Å²) in [6.45, 7) is 11.9. The van der Waals surface area contributed by atoms with E-state index in [2.05, 4.69) is 131 Å². The zero-order valence-corrected chi connectivity index (χ0v) is 29.7. The number of hydrogen-bond donors (Lipinski definition) is 1. The van der Waals surface area contributed by atoms with Gasteiger partial charge in [-0.2, -0.15) is 8.42 Å². The molecule has 0 aliphatic carbocycles. The van der Waals surface area contributed by atoms with E-state index in [1.165, 1.54) is 55.2 Å². The maximum Gasteiger partial charge on any atom is 0.397 e. The van der Waals surface area contributed by atoms with Gasteiger partial charge in [0, 0.05) is 32.7 Å². The van der Waals surface area contributed by atoms with E-state index >= 15 is 0 Å². The monoisotopic (exact) mass is 662 g/mol. The molecule has 47 heavy (non-hydrogen) atoms. The highest BCUT2D eigenvalue weighted by molar-refractivity contribution is 7.80. The van der Waals surface area contributed by atoms with Crippen LogP contribution in [-0.4, -0.2) is 62.1 Å². The van der Waals surface area contributed by atoms with Crippen molar-refractivity contribution in [3.63, 3.8) is 0 Å². The Kier molecular flexibility index (Phi) is 18.0. The number of nitrogens with zero attached hydrogens (tertiary/aromatic N) is 2. The molecule has 3 aromatic rings. The second kappa shape index (κ2) is 21.9. The normalized spacial score (nSPS) is 15.8. The molecule has 0 spiro atoms. The quantitative estimate of drug-likeness (QED) is 0.108. The van der Waals surface area contributed by atoms with Gasteiger partial charge in [-0.3, -0.25) is 14.4 Å². The topological polar surface area (TPSA) is 70.1 Å². The highest BCUT2D eigenvalue weighted by atomic mass is 32.3. The lowest BCUT2D eigenvalue weighted by Crippen LogP contribution is -2.47. The van der Waals surface area contributed by atoms with Gasteiger partial charge in [0.25, 0.3) is 0 Å². The lowest BCUT2D eigenvalue weighted by molar-refractivity contribution is 0.118. The Labute approximate surface area is 285 Å². The molecule has 0 saturated carbocycles. The fourth-order valence-corrected chi connectivity index (χ4v) is 6.65. The highest BCUT2D eigenvalue weighted by Gasteiger charge is 2.25. The molecule has 1 aliphatic heterocycles. The minimum absolute atomic E-state index is 0.0753. The third kappa shape index (κ3) is 15.8. The van der Waals surface area contributed by atoms with Gasteiger partial charge < -0.3 is 0 Å². The molecule has 0 radical (unpaired) electrons. The molecule has 0 bridgehead atoms. The van der Waals surface area contributed by atoms with Crippen LogP contribution in [0.15, 0.2) is 97.1 Å². The van der Waals surface area contributed by atoms with Crippen LogP contribution in [0, 0.1) is 11.8 Å². The van der Waals surface area contributed by atoms with E-state index in [-0.39, 0.29) is 12.5 Å². The summed E-state index contributed by atoms with van der Waals surface area (Å²) in [5.74, 6) is 1.00. The van der Waals surface area contributed by atoms with E-state index in [0.717, 1.165) is 51.5 Å². The van der Waals surface area contributed by atoms with Gasteiger partial charge >= 0.3 is 10.4 Å². The molecule has 0 amide bonds. The predicted molar refractivity (Wildman–Crippen MR) is 197 cm³/mol. The van der Waals surface area contributed by atoms with Crippen molar-refractivity contribution in [2.24, 2.45) is 11.8 Å².